The number of carbonyl (C=O) groups excluding carboxylic acids is 1. The molecule has 0 saturated carbocycles. The first kappa shape index (κ1) is 19.5. The van der Waals surface area contributed by atoms with Crippen LogP contribution in [0, 0.1) is 11.3 Å². The van der Waals surface area contributed by atoms with E-state index in [1.165, 1.54) is 22.3 Å². The van der Waals surface area contributed by atoms with Gasteiger partial charge in [0.25, 0.3) is 0 Å². The monoisotopic (exact) mass is 365 g/mol. The summed E-state index contributed by atoms with van der Waals surface area (Å²) in [6.07, 6.45) is 3.00. The van der Waals surface area contributed by atoms with Gasteiger partial charge in [0.1, 0.15) is 6.10 Å². The molecule has 27 heavy (non-hydrogen) atoms. The van der Waals surface area contributed by atoms with E-state index in [2.05, 4.69) is 70.2 Å². The lowest BCUT2D eigenvalue weighted by molar-refractivity contribution is 0.0140. The molecule has 0 saturated heterocycles. The molecule has 0 spiro atoms. The van der Waals surface area contributed by atoms with Crippen LogP contribution >= 0.6 is 0 Å². The molecule has 1 atom stereocenters. The Morgan fingerprint density at radius 3 is 2.30 bits per heavy atom. The number of rotatable bonds is 6. The SMILES string of the molecule is CCC1(CC)Cc2cc(-c3ccc(CC(C)C)cc3)ccc2C1OC(N)=O. The van der Waals surface area contributed by atoms with Crippen LogP contribution in [0.15, 0.2) is 42.5 Å². The van der Waals surface area contributed by atoms with Crippen LogP contribution in [0.3, 0.4) is 0 Å². The summed E-state index contributed by atoms with van der Waals surface area (Å²) in [5, 5.41) is 0. The number of hydrogen-bond donors (Lipinski definition) is 1. The zero-order chi connectivity index (χ0) is 19.6. The van der Waals surface area contributed by atoms with Gasteiger partial charge in [-0.15, -0.1) is 0 Å². The van der Waals surface area contributed by atoms with Gasteiger partial charge in [0, 0.05) is 5.41 Å². The molecule has 0 fully saturated rings. The van der Waals surface area contributed by atoms with E-state index >= 15 is 0 Å². The quantitative estimate of drug-likeness (QED) is 0.677. The molecule has 0 heterocycles. The summed E-state index contributed by atoms with van der Waals surface area (Å²) in [7, 11) is 0. The molecule has 2 aromatic rings. The molecule has 144 valence electrons. The molecular formula is C24H31NO2. The molecule has 2 aromatic carbocycles. The van der Waals surface area contributed by atoms with Crippen molar-refractivity contribution in [2.75, 3.05) is 0 Å². The Morgan fingerprint density at radius 1 is 1.11 bits per heavy atom. The molecule has 1 unspecified atom stereocenters. The standard InChI is InChI=1S/C24H31NO2/c1-5-24(6-2)15-20-14-19(11-12-21(20)22(24)27-23(25)26)18-9-7-17(8-10-18)13-16(3)4/h7-12,14,16,22H,5-6,13,15H2,1-4H3,(H2,25,26). The summed E-state index contributed by atoms with van der Waals surface area (Å²) in [6.45, 7) is 8.82. The van der Waals surface area contributed by atoms with E-state index in [0.29, 0.717) is 5.92 Å². The van der Waals surface area contributed by atoms with Crippen LogP contribution in [0.2, 0.25) is 0 Å². The van der Waals surface area contributed by atoms with Crippen molar-refractivity contribution in [3.05, 3.63) is 59.2 Å². The number of nitrogens with two attached hydrogens (primary N) is 1. The molecule has 0 radical (unpaired) electrons. The maximum Gasteiger partial charge on any atom is 0.405 e. The number of benzene rings is 2. The normalized spacial score (nSPS) is 17.7. The van der Waals surface area contributed by atoms with Crippen LogP contribution in [0.4, 0.5) is 4.79 Å². The molecule has 1 aliphatic carbocycles. The van der Waals surface area contributed by atoms with Gasteiger partial charge in [0.15, 0.2) is 0 Å². The van der Waals surface area contributed by atoms with E-state index in [1.54, 1.807) is 0 Å². The van der Waals surface area contributed by atoms with Crippen molar-refractivity contribution in [3.8, 4) is 11.1 Å². The summed E-state index contributed by atoms with van der Waals surface area (Å²) in [5.74, 6) is 0.661. The zero-order valence-corrected chi connectivity index (χ0v) is 16.9. The molecule has 3 nitrogen and oxygen atoms in total. The number of amides is 1. The van der Waals surface area contributed by atoms with Crippen molar-refractivity contribution < 1.29 is 9.53 Å². The summed E-state index contributed by atoms with van der Waals surface area (Å²) in [4.78, 5) is 11.5. The molecule has 0 bridgehead atoms. The number of ether oxygens (including phenoxy) is 1. The second kappa shape index (κ2) is 7.75. The molecule has 0 aromatic heterocycles. The lowest BCUT2D eigenvalue weighted by Crippen LogP contribution is -2.30. The maximum atomic E-state index is 11.5. The molecular weight excluding hydrogens is 334 g/mol. The van der Waals surface area contributed by atoms with E-state index < -0.39 is 6.09 Å². The first-order valence-corrected chi connectivity index (χ1v) is 10.1. The van der Waals surface area contributed by atoms with Crippen molar-refractivity contribution >= 4 is 6.09 Å². The Labute approximate surface area is 162 Å². The first-order valence-electron chi connectivity index (χ1n) is 10.1. The molecule has 3 heteroatoms. The topological polar surface area (TPSA) is 52.3 Å². The Balaban J connectivity index is 1.93. The number of hydrogen-bond acceptors (Lipinski definition) is 2. The predicted molar refractivity (Wildman–Crippen MR) is 111 cm³/mol. The van der Waals surface area contributed by atoms with Gasteiger partial charge in [-0.1, -0.05) is 70.2 Å². The van der Waals surface area contributed by atoms with Gasteiger partial charge in [-0.25, -0.2) is 4.79 Å². The van der Waals surface area contributed by atoms with Crippen molar-refractivity contribution in [1.82, 2.24) is 0 Å². The van der Waals surface area contributed by atoms with Crippen LogP contribution in [-0.4, -0.2) is 6.09 Å². The number of primary amides is 1. The van der Waals surface area contributed by atoms with Crippen molar-refractivity contribution in [2.45, 2.75) is 59.5 Å². The van der Waals surface area contributed by atoms with Crippen molar-refractivity contribution in [1.29, 1.82) is 0 Å². The third-order valence-corrected chi connectivity index (χ3v) is 6.10. The second-order valence-electron chi connectivity index (χ2n) is 8.27. The molecule has 1 amide bonds. The lowest BCUT2D eigenvalue weighted by Gasteiger charge is -2.32. The van der Waals surface area contributed by atoms with Gasteiger partial charge in [-0.3, -0.25) is 0 Å². The minimum atomic E-state index is -0.691. The molecule has 1 aliphatic rings. The Hall–Kier alpha value is -2.29. The lowest BCUT2D eigenvalue weighted by atomic mass is 9.77. The van der Waals surface area contributed by atoms with E-state index in [1.807, 2.05) is 0 Å². The van der Waals surface area contributed by atoms with E-state index in [-0.39, 0.29) is 11.5 Å². The van der Waals surface area contributed by atoms with Crippen LogP contribution in [0.1, 0.15) is 63.3 Å². The van der Waals surface area contributed by atoms with Crippen molar-refractivity contribution in [3.63, 3.8) is 0 Å². The highest BCUT2D eigenvalue weighted by molar-refractivity contribution is 5.68. The third-order valence-electron chi connectivity index (χ3n) is 6.10. The van der Waals surface area contributed by atoms with Crippen molar-refractivity contribution in [2.24, 2.45) is 17.1 Å². The summed E-state index contributed by atoms with van der Waals surface area (Å²) in [6, 6.07) is 15.4. The fraction of sp³-hybridized carbons (Fsp3) is 0.458. The highest BCUT2D eigenvalue weighted by Gasteiger charge is 2.46. The molecule has 2 N–H and O–H groups in total. The fourth-order valence-corrected chi connectivity index (χ4v) is 4.48. The minimum absolute atomic E-state index is 0.0584. The first-order chi connectivity index (χ1) is 12.9. The van der Waals surface area contributed by atoms with Gasteiger partial charge >= 0.3 is 6.09 Å². The summed E-state index contributed by atoms with van der Waals surface area (Å²) < 4.78 is 5.57. The third kappa shape index (κ3) is 3.87. The van der Waals surface area contributed by atoms with Gasteiger partial charge < -0.3 is 10.5 Å². The average Bonchev–Trinajstić information content (AvgIpc) is 2.94. The van der Waals surface area contributed by atoms with Gasteiger partial charge in [0.05, 0.1) is 0 Å². The predicted octanol–water partition coefficient (Wildman–Crippen LogP) is 6.05. The van der Waals surface area contributed by atoms with Gasteiger partial charge in [-0.2, -0.15) is 0 Å². The Kier molecular flexibility index (Phi) is 5.59. The van der Waals surface area contributed by atoms with E-state index in [0.717, 1.165) is 31.2 Å². The Morgan fingerprint density at radius 2 is 1.74 bits per heavy atom. The van der Waals surface area contributed by atoms with Crippen LogP contribution in [0.5, 0.6) is 0 Å². The second-order valence-corrected chi connectivity index (χ2v) is 8.27. The summed E-state index contributed by atoms with van der Waals surface area (Å²) >= 11 is 0. The molecule has 0 aliphatic heterocycles. The number of fused-ring (bicyclic) bond motifs is 1. The smallest absolute Gasteiger partial charge is 0.405 e. The highest BCUT2D eigenvalue weighted by atomic mass is 16.6. The van der Waals surface area contributed by atoms with Crippen LogP contribution in [-0.2, 0) is 17.6 Å². The zero-order valence-electron chi connectivity index (χ0n) is 16.9. The van der Waals surface area contributed by atoms with Gasteiger partial charge in [0.2, 0.25) is 0 Å². The fourth-order valence-electron chi connectivity index (χ4n) is 4.48. The number of carbonyl (C=O) groups is 1. The van der Waals surface area contributed by atoms with Gasteiger partial charge in [-0.05, 0) is 59.4 Å². The van der Waals surface area contributed by atoms with Crippen LogP contribution in [0.25, 0.3) is 11.1 Å². The van der Waals surface area contributed by atoms with E-state index in [9.17, 15) is 4.79 Å². The Bertz CT molecular complexity index is 804. The summed E-state index contributed by atoms with van der Waals surface area (Å²) in [5.41, 5.74) is 11.5. The van der Waals surface area contributed by atoms with E-state index in [4.69, 9.17) is 10.5 Å². The highest BCUT2D eigenvalue weighted by Crippen LogP contribution is 2.52. The largest absolute Gasteiger partial charge is 0.441 e. The molecule has 3 rings (SSSR count). The maximum absolute atomic E-state index is 11.5. The average molecular weight is 366 g/mol. The van der Waals surface area contributed by atoms with Crippen LogP contribution < -0.4 is 5.73 Å². The minimum Gasteiger partial charge on any atom is -0.441 e.